The molecule has 0 amide bonds. The van der Waals surface area contributed by atoms with Gasteiger partial charge < -0.3 is 5.73 Å². The molecule has 0 aliphatic rings. The summed E-state index contributed by atoms with van der Waals surface area (Å²) in [4.78, 5) is 9.92. The smallest absolute Gasteiger partial charge is 0.264 e. The van der Waals surface area contributed by atoms with Crippen molar-refractivity contribution in [1.82, 2.24) is 0 Å². The van der Waals surface area contributed by atoms with Crippen LogP contribution in [0.4, 0.5) is 0 Å². The molecule has 0 aromatic heterocycles. The molecule has 0 saturated heterocycles. The van der Waals surface area contributed by atoms with E-state index in [1.165, 1.54) is 0 Å². The molecule has 0 spiro atoms. The highest BCUT2D eigenvalue weighted by Gasteiger charge is 2.11. The Hall–Kier alpha value is -1.06. The zero-order chi connectivity index (χ0) is 8.85. The Bertz CT molecular complexity index is 175. The Morgan fingerprint density at radius 1 is 1.55 bits per heavy atom. The fraction of sp³-hybridized carbons (Fsp3) is 0.714. The maximum Gasteiger partial charge on any atom is 0.264 e. The molecule has 0 aliphatic carbocycles. The van der Waals surface area contributed by atoms with Crippen molar-refractivity contribution >= 4 is 0 Å². The zero-order valence-corrected chi connectivity index (χ0v) is 6.96. The molecular formula is C7H14N2O2. The second-order valence-electron chi connectivity index (χ2n) is 2.33. The van der Waals surface area contributed by atoms with Crippen LogP contribution in [-0.2, 0) is 0 Å². The fourth-order valence-electron chi connectivity index (χ4n) is 0.887. The van der Waals surface area contributed by atoms with Gasteiger partial charge in [-0.05, 0) is 6.42 Å². The van der Waals surface area contributed by atoms with Gasteiger partial charge in [0.05, 0.1) is 10.6 Å². The molecule has 0 rings (SSSR count). The lowest BCUT2D eigenvalue weighted by atomic mass is 10.2. The van der Waals surface area contributed by atoms with Gasteiger partial charge in [-0.1, -0.05) is 20.3 Å². The van der Waals surface area contributed by atoms with Gasteiger partial charge in [0.15, 0.2) is 0 Å². The standard InChI is InChI=1S/C7H14N2O2/c1-3-5-6(8)7(4-2)9(10)11/h3-5,8H2,1-2H3/b7-6-. The third-order valence-corrected chi connectivity index (χ3v) is 1.45. The lowest BCUT2D eigenvalue weighted by molar-refractivity contribution is -0.429. The van der Waals surface area contributed by atoms with Crippen LogP contribution < -0.4 is 5.73 Å². The molecule has 0 bridgehead atoms. The van der Waals surface area contributed by atoms with Gasteiger partial charge >= 0.3 is 0 Å². The number of nitrogens with two attached hydrogens (primary N) is 1. The minimum atomic E-state index is -0.398. The SMILES string of the molecule is CCC/C(N)=C(\CC)[N+](=O)[O-]. The van der Waals surface area contributed by atoms with Crippen molar-refractivity contribution in [1.29, 1.82) is 0 Å². The average molecular weight is 158 g/mol. The number of hydrogen-bond acceptors (Lipinski definition) is 3. The van der Waals surface area contributed by atoms with Crippen LogP contribution in [0.15, 0.2) is 11.4 Å². The van der Waals surface area contributed by atoms with Gasteiger partial charge in [-0.15, -0.1) is 0 Å². The van der Waals surface area contributed by atoms with Crippen LogP contribution in [-0.4, -0.2) is 4.92 Å². The van der Waals surface area contributed by atoms with E-state index < -0.39 is 4.92 Å². The first-order valence-electron chi connectivity index (χ1n) is 3.75. The van der Waals surface area contributed by atoms with E-state index in [0.29, 0.717) is 18.5 Å². The van der Waals surface area contributed by atoms with Gasteiger partial charge in [-0.25, -0.2) is 0 Å². The zero-order valence-electron chi connectivity index (χ0n) is 6.96. The van der Waals surface area contributed by atoms with Crippen LogP contribution in [0.1, 0.15) is 33.1 Å². The number of rotatable bonds is 4. The van der Waals surface area contributed by atoms with Crippen LogP contribution in [0.25, 0.3) is 0 Å². The first-order valence-corrected chi connectivity index (χ1v) is 3.75. The highest BCUT2D eigenvalue weighted by atomic mass is 16.6. The van der Waals surface area contributed by atoms with Crippen LogP contribution in [0, 0.1) is 10.1 Å². The summed E-state index contributed by atoms with van der Waals surface area (Å²) in [6.07, 6.45) is 1.87. The van der Waals surface area contributed by atoms with E-state index >= 15 is 0 Å². The quantitative estimate of drug-likeness (QED) is 0.499. The molecular weight excluding hydrogens is 144 g/mol. The van der Waals surface area contributed by atoms with E-state index in [1.54, 1.807) is 6.92 Å². The van der Waals surface area contributed by atoms with Crippen molar-refractivity contribution in [2.24, 2.45) is 5.73 Å². The summed E-state index contributed by atoms with van der Waals surface area (Å²) < 4.78 is 0. The Morgan fingerprint density at radius 3 is 2.36 bits per heavy atom. The molecule has 0 aliphatic heterocycles. The Labute approximate surface area is 66.2 Å². The number of hydrogen-bond donors (Lipinski definition) is 1. The van der Waals surface area contributed by atoms with E-state index in [9.17, 15) is 10.1 Å². The molecule has 0 atom stereocenters. The summed E-state index contributed by atoms with van der Waals surface area (Å²) in [5.74, 6) is 0. The van der Waals surface area contributed by atoms with Crippen LogP contribution in [0.5, 0.6) is 0 Å². The second kappa shape index (κ2) is 4.71. The molecule has 2 N–H and O–H groups in total. The molecule has 0 fully saturated rings. The second-order valence-corrected chi connectivity index (χ2v) is 2.33. The predicted molar refractivity (Wildman–Crippen MR) is 43.4 cm³/mol. The molecule has 0 heterocycles. The maximum atomic E-state index is 10.3. The Kier molecular flexibility index (Phi) is 4.26. The lowest BCUT2D eigenvalue weighted by Gasteiger charge is -1.99. The maximum absolute atomic E-state index is 10.3. The number of allylic oxidation sites excluding steroid dienone is 2. The lowest BCUT2D eigenvalue weighted by Crippen LogP contribution is -2.08. The van der Waals surface area contributed by atoms with Gasteiger partial charge in [-0.3, -0.25) is 10.1 Å². The topological polar surface area (TPSA) is 69.2 Å². The number of nitro groups is 1. The van der Waals surface area contributed by atoms with E-state index in [2.05, 4.69) is 0 Å². The number of nitrogens with zero attached hydrogens (tertiary/aromatic N) is 1. The molecule has 0 saturated carbocycles. The molecule has 0 aromatic carbocycles. The highest BCUT2D eigenvalue weighted by Crippen LogP contribution is 2.09. The van der Waals surface area contributed by atoms with Gasteiger partial charge in [0, 0.05) is 6.42 Å². The van der Waals surface area contributed by atoms with Crippen LogP contribution in [0.2, 0.25) is 0 Å². The molecule has 0 unspecified atom stereocenters. The van der Waals surface area contributed by atoms with E-state index in [1.807, 2.05) is 6.92 Å². The first kappa shape index (κ1) is 9.94. The Balaban J connectivity index is 4.40. The minimum Gasteiger partial charge on any atom is -0.397 e. The van der Waals surface area contributed by atoms with E-state index in [4.69, 9.17) is 5.73 Å². The molecule has 11 heavy (non-hydrogen) atoms. The van der Waals surface area contributed by atoms with Crippen molar-refractivity contribution in [2.75, 3.05) is 0 Å². The normalized spacial score (nSPS) is 12.5. The van der Waals surface area contributed by atoms with Crippen LogP contribution >= 0.6 is 0 Å². The molecule has 64 valence electrons. The molecule has 0 radical (unpaired) electrons. The van der Waals surface area contributed by atoms with Crippen molar-refractivity contribution in [2.45, 2.75) is 33.1 Å². The monoisotopic (exact) mass is 158 g/mol. The highest BCUT2D eigenvalue weighted by molar-refractivity contribution is 5.02. The Morgan fingerprint density at radius 2 is 2.09 bits per heavy atom. The molecule has 0 aromatic rings. The fourth-order valence-corrected chi connectivity index (χ4v) is 0.887. The van der Waals surface area contributed by atoms with E-state index in [-0.39, 0.29) is 5.70 Å². The summed E-state index contributed by atoms with van der Waals surface area (Å²) >= 11 is 0. The summed E-state index contributed by atoms with van der Waals surface area (Å²) in [6, 6.07) is 0. The van der Waals surface area contributed by atoms with Gasteiger partial charge in [0.25, 0.3) is 5.70 Å². The summed E-state index contributed by atoms with van der Waals surface area (Å²) in [5, 5.41) is 10.3. The first-order chi connectivity index (χ1) is 5.13. The van der Waals surface area contributed by atoms with Gasteiger partial charge in [0.2, 0.25) is 0 Å². The summed E-state index contributed by atoms with van der Waals surface area (Å²) in [7, 11) is 0. The molecule has 4 heteroatoms. The van der Waals surface area contributed by atoms with Gasteiger partial charge in [0.1, 0.15) is 0 Å². The van der Waals surface area contributed by atoms with E-state index in [0.717, 1.165) is 6.42 Å². The molecule has 4 nitrogen and oxygen atoms in total. The third kappa shape index (κ3) is 3.02. The summed E-state index contributed by atoms with van der Waals surface area (Å²) in [5.41, 5.74) is 6.05. The van der Waals surface area contributed by atoms with Crippen LogP contribution in [0.3, 0.4) is 0 Å². The van der Waals surface area contributed by atoms with Gasteiger partial charge in [-0.2, -0.15) is 0 Å². The summed E-state index contributed by atoms with van der Waals surface area (Å²) in [6.45, 7) is 3.68. The van der Waals surface area contributed by atoms with Crippen molar-refractivity contribution in [3.05, 3.63) is 21.5 Å². The van der Waals surface area contributed by atoms with Crippen molar-refractivity contribution in [3.8, 4) is 0 Å². The predicted octanol–water partition coefficient (Wildman–Crippen LogP) is 1.64. The average Bonchev–Trinajstić information content (AvgIpc) is 1.88. The minimum absolute atomic E-state index is 0.159. The third-order valence-electron chi connectivity index (χ3n) is 1.45. The van der Waals surface area contributed by atoms with Crippen molar-refractivity contribution in [3.63, 3.8) is 0 Å². The van der Waals surface area contributed by atoms with Crippen molar-refractivity contribution < 1.29 is 4.92 Å². The largest absolute Gasteiger partial charge is 0.397 e.